The van der Waals surface area contributed by atoms with Gasteiger partial charge in [0.05, 0.1) is 9.92 Å². The largest absolute Gasteiger partial charge is 0.325 e. The second-order valence-corrected chi connectivity index (χ2v) is 3.70. The Hall–Kier alpha value is -0.720. The lowest BCUT2D eigenvalue weighted by Gasteiger charge is -1.91. The zero-order valence-electron chi connectivity index (χ0n) is 4.89. The van der Waals surface area contributed by atoms with Crippen LogP contribution in [0.5, 0.6) is 0 Å². The predicted molar refractivity (Wildman–Crippen MR) is 48.8 cm³/mol. The van der Waals surface area contributed by atoms with E-state index in [1.807, 2.05) is 8.23 Å². The minimum atomic E-state index is -0.177. The van der Waals surface area contributed by atoms with E-state index in [0.717, 1.165) is 5.69 Å². The second-order valence-electron chi connectivity index (χ2n) is 1.80. The van der Waals surface area contributed by atoms with Crippen molar-refractivity contribution in [3.63, 3.8) is 0 Å². The highest BCUT2D eigenvalue weighted by Gasteiger charge is 2.03. The first kappa shape index (κ1) is 6.02. The van der Waals surface area contributed by atoms with E-state index in [1.54, 1.807) is 0 Å². The number of nitrogens with one attached hydrogen (secondary N) is 2. The highest BCUT2D eigenvalue weighted by Crippen LogP contribution is 2.15. The fourth-order valence-corrected chi connectivity index (χ4v) is 2.15. The Morgan fingerprint density at radius 1 is 1.50 bits per heavy atom. The number of imidazole rings is 1. The zero-order chi connectivity index (χ0) is 6.97. The molecule has 52 valence electrons. The molecule has 2 heterocycles. The molecule has 10 heavy (non-hydrogen) atoms. The molecule has 0 spiro atoms. The van der Waals surface area contributed by atoms with Gasteiger partial charge >= 0.3 is 5.69 Å². The summed E-state index contributed by atoms with van der Waals surface area (Å²) in [7, 11) is 0. The second kappa shape index (κ2) is 2.15. The van der Waals surface area contributed by atoms with E-state index in [9.17, 15) is 4.79 Å². The minimum Gasteiger partial charge on any atom is -0.304 e. The van der Waals surface area contributed by atoms with Crippen LogP contribution < -0.4 is 5.69 Å². The number of aromatic nitrogens is 2. The van der Waals surface area contributed by atoms with Crippen molar-refractivity contribution in [1.29, 1.82) is 0 Å². The third-order valence-corrected chi connectivity index (χ3v) is 2.72. The smallest absolute Gasteiger partial charge is 0.304 e. The Labute approximate surface area is 66.1 Å². The first-order valence-electron chi connectivity index (χ1n) is 2.66. The van der Waals surface area contributed by atoms with Gasteiger partial charge in [0, 0.05) is 4.01 Å². The standard InChI is InChI=1S/C5H4IN3O/c10-5-8-3-1-6-2-7-4(3)9-5/h1-2H,(H2,7,8,9,10). The Bertz CT molecular complexity index is 327. The fourth-order valence-electron chi connectivity index (χ4n) is 0.737. The van der Waals surface area contributed by atoms with Gasteiger partial charge in [-0.05, 0) is 0 Å². The third kappa shape index (κ3) is 0.859. The van der Waals surface area contributed by atoms with Gasteiger partial charge in [0.1, 0.15) is 0 Å². The van der Waals surface area contributed by atoms with Crippen LogP contribution in [0.15, 0.2) is 9.79 Å². The maximum Gasteiger partial charge on any atom is 0.325 e. The minimum absolute atomic E-state index is 0.0677. The van der Waals surface area contributed by atoms with Crippen LogP contribution in [0, 0.1) is 0 Å². The van der Waals surface area contributed by atoms with Crippen LogP contribution in [0.2, 0.25) is 0 Å². The highest BCUT2D eigenvalue weighted by atomic mass is 127. The molecular formula is C5H4IN3O. The Balaban J connectivity index is 2.76. The van der Waals surface area contributed by atoms with Gasteiger partial charge in [-0.3, -0.25) is 4.98 Å². The number of hydrogen-bond acceptors (Lipinski definition) is 2. The molecule has 0 aromatic carbocycles. The molecule has 5 heteroatoms. The molecule has 0 aliphatic carbocycles. The number of nitrogens with zero attached hydrogens (tertiary/aromatic N) is 1. The van der Waals surface area contributed by atoms with Crippen molar-refractivity contribution in [3.05, 3.63) is 16.2 Å². The summed E-state index contributed by atoms with van der Waals surface area (Å²) in [5.41, 5.74) is 0.671. The van der Waals surface area contributed by atoms with Gasteiger partial charge in [-0.15, -0.1) is 0 Å². The van der Waals surface area contributed by atoms with Gasteiger partial charge in [-0.2, -0.15) is 0 Å². The lowest BCUT2D eigenvalue weighted by atomic mass is 10.5. The summed E-state index contributed by atoms with van der Waals surface area (Å²) in [5, 5.41) is 0. The molecule has 0 fully saturated rings. The number of halogens is 1. The van der Waals surface area contributed by atoms with Gasteiger partial charge in [-0.25, -0.2) is 9.79 Å². The maximum absolute atomic E-state index is 10.7. The summed E-state index contributed by atoms with van der Waals surface area (Å²) >= 11 is -0.0677. The summed E-state index contributed by atoms with van der Waals surface area (Å²) in [6.07, 6.45) is 0. The lowest BCUT2D eigenvalue weighted by molar-refractivity contribution is 1.18. The van der Waals surface area contributed by atoms with Gasteiger partial charge in [0.25, 0.3) is 0 Å². The van der Waals surface area contributed by atoms with Crippen LogP contribution >= 0.6 is 20.7 Å². The van der Waals surface area contributed by atoms with E-state index in [-0.39, 0.29) is 26.4 Å². The molecule has 1 aliphatic heterocycles. The van der Waals surface area contributed by atoms with E-state index in [2.05, 4.69) is 15.0 Å². The zero-order valence-corrected chi connectivity index (χ0v) is 7.05. The van der Waals surface area contributed by atoms with Crippen molar-refractivity contribution in [2.45, 2.75) is 0 Å². The average molecular weight is 249 g/mol. The van der Waals surface area contributed by atoms with Crippen LogP contribution in [0.3, 0.4) is 0 Å². The van der Waals surface area contributed by atoms with Crippen molar-refractivity contribution in [3.8, 4) is 0 Å². The molecule has 1 aromatic heterocycles. The van der Waals surface area contributed by atoms with Crippen molar-refractivity contribution in [2.75, 3.05) is 0 Å². The molecule has 2 rings (SSSR count). The maximum atomic E-state index is 10.7. The summed E-state index contributed by atoms with van der Waals surface area (Å²) < 4.78 is 3.89. The Morgan fingerprint density at radius 2 is 2.40 bits per heavy atom. The topological polar surface area (TPSA) is 61.0 Å². The number of fused-ring (bicyclic) bond motifs is 1. The molecule has 2 N–H and O–H groups in total. The molecule has 0 amide bonds. The summed E-state index contributed by atoms with van der Waals surface area (Å²) in [5.74, 6) is 0.663. The molecule has 0 radical (unpaired) electrons. The molecular weight excluding hydrogens is 245 g/mol. The quantitative estimate of drug-likeness (QED) is 0.646. The SMILES string of the molecule is O=c1[nH]c2c([nH]1)N=CI=C2. The van der Waals surface area contributed by atoms with Gasteiger partial charge in [0.2, 0.25) is 0 Å². The van der Waals surface area contributed by atoms with E-state index in [4.69, 9.17) is 0 Å². The Morgan fingerprint density at radius 3 is 3.20 bits per heavy atom. The number of rotatable bonds is 0. The summed E-state index contributed by atoms with van der Waals surface area (Å²) in [6.45, 7) is 0. The van der Waals surface area contributed by atoms with Crippen molar-refractivity contribution >= 4 is 34.8 Å². The average Bonchev–Trinajstić information content (AvgIpc) is 2.27. The number of H-pyrrole nitrogens is 2. The van der Waals surface area contributed by atoms with Crippen LogP contribution in [-0.4, -0.2) is 18.2 Å². The molecule has 1 aromatic rings. The predicted octanol–water partition coefficient (Wildman–Crippen LogP) is 0.497. The normalized spacial score (nSPS) is 14.4. The third-order valence-electron chi connectivity index (χ3n) is 1.14. The van der Waals surface area contributed by atoms with E-state index in [0.29, 0.717) is 5.82 Å². The van der Waals surface area contributed by atoms with E-state index < -0.39 is 0 Å². The lowest BCUT2D eigenvalue weighted by Crippen LogP contribution is -2.00. The number of aliphatic imine (C=N–C) groups is 1. The van der Waals surface area contributed by atoms with Crippen LogP contribution in [0.25, 0.3) is 0 Å². The molecule has 0 saturated carbocycles. The van der Waals surface area contributed by atoms with Crippen molar-refractivity contribution in [2.24, 2.45) is 4.99 Å². The monoisotopic (exact) mass is 249 g/mol. The first-order valence-corrected chi connectivity index (χ1v) is 5.15. The van der Waals surface area contributed by atoms with Gasteiger partial charge in [0.15, 0.2) is 5.82 Å². The Kier molecular flexibility index (Phi) is 1.30. The van der Waals surface area contributed by atoms with Crippen LogP contribution in [-0.2, 0) is 0 Å². The van der Waals surface area contributed by atoms with Crippen LogP contribution in [0.1, 0.15) is 5.69 Å². The molecule has 0 unspecified atom stereocenters. The highest BCUT2D eigenvalue weighted by molar-refractivity contribution is 14.2. The van der Waals surface area contributed by atoms with Gasteiger partial charge < -0.3 is 4.98 Å². The summed E-state index contributed by atoms with van der Waals surface area (Å²) in [6, 6.07) is 0. The van der Waals surface area contributed by atoms with E-state index >= 15 is 0 Å². The van der Waals surface area contributed by atoms with Crippen LogP contribution in [0.4, 0.5) is 5.82 Å². The summed E-state index contributed by atoms with van der Waals surface area (Å²) in [4.78, 5) is 19.9. The molecule has 4 nitrogen and oxygen atoms in total. The molecule has 0 bridgehead atoms. The fraction of sp³-hybridized carbons (Fsp3) is 0. The van der Waals surface area contributed by atoms with E-state index in [1.165, 1.54) is 0 Å². The molecule has 1 aliphatic rings. The number of aromatic amines is 2. The van der Waals surface area contributed by atoms with Gasteiger partial charge in [-0.1, -0.05) is 20.7 Å². The first-order chi connectivity index (χ1) is 4.86. The molecule has 0 atom stereocenters. The van der Waals surface area contributed by atoms with Crippen molar-refractivity contribution in [1.82, 2.24) is 9.97 Å². The number of hydrogen-bond donors (Lipinski definition) is 2. The van der Waals surface area contributed by atoms with Crippen molar-refractivity contribution < 1.29 is 0 Å². The molecule has 0 saturated heterocycles.